The second-order valence-corrected chi connectivity index (χ2v) is 10.5. The van der Waals surface area contributed by atoms with Crippen molar-refractivity contribution in [2.24, 2.45) is 17.8 Å². The normalized spacial score (nSPS) is 29.0. The summed E-state index contributed by atoms with van der Waals surface area (Å²) in [4.78, 5) is 29.3. The van der Waals surface area contributed by atoms with Gasteiger partial charge in [-0.3, -0.25) is 9.59 Å². The van der Waals surface area contributed by atoms with Crippen LogP contribution in [0.5, 0.6) is 0 Å². The van der Waals surface area contributed by atoms with Gasteiger partial charge < -0.3 is 10.1 Å². The number of rotatable bonds is 6. The van der Waals surface area contributed by atoms with E-state index in [9.17, 15) is 9.59 Å². The summed E-state index contributed by atoms with van der Waals surface area (Å²) < 4.78 is 5.27. The number of nitrogens with zero attached hydrogens (tertiary/aromatic N) is 1. The number of nitrogens with one attached hydrogen (secondary N) is 1. The van der Waals surface area contributed by atoms with Crippen LogP contribution in [0.4, 0.5) is 0 Å². The zero-order valence-electron chi connectivity index (χ0n) is 17.4. The van der Waals surface area contributed by atoms with E-state index < -0.39 is 5.97 Å². The quantitative estimate of drug-likeness (QED) is 0.703. The molecule has 4 aliphatic carbocycles. The maximum Gasteiger partial charge on any atom is 0.312 e. The molecule has 1 heterocycles. The van der Waals surface area contributed by atoms with E-state index in [1.54, 1.807) is 0 Å². The average molecular weight is 425 g/mol. The van der Waals surface area contributed by atoms with Crippen LogP contribution in [-0.4, -0.2) is 29.0 Å². The lowest BCUT2D eigenvalue weighted by Crippen LogP contribution is -2.60. The summed E-state index contributed by atoms with van der Waals surface area (Å²) in [6, 6.07) is 8.16. The first-order valence-electron chi connectivity index (χ1n) is 10.9. The van der Waals surface area contributed by atoms with Gasteiger partial charge in [-0.1, -0.05) is 29.8 Å². The van der Waals surface area contributed by atoms with Gasteiger partial charge in [0.05, 0.1) is 12.1 Å². The van der Waals surface area contributed by atoms with Crippen LogP contribution in [-0.2, 0) is 20.7 Å². The number of thiazole rings is 1. The molecule has 4 aliphatic rings. The van der Waals surface area contributed by atoms with Gasteiger partial charge in [0.1, 0.15) is 5.01 Å². The van der Waals surface area contributed by atoms with Gasteiger partial charge in [-0.2, -0.15) is 0 Å². The summed E-state index contributed by atoms with van der Waals surface area (Å²) >= 11 is 1.51. The second-order valence-electron chi connectivity index (χ2n) is 9.59. The number of hydrogen-bond acceptors (Lipinski definition) is 5. The van der Waals surface area contributed by atoms with Gasteiger partial charge in [-0.15, -0.1) is 11.3 Å². The molecule has 6 heteroatoms. The number of aromatic nitrogens is 1. The van der Waals surface area contributed by atoms with Crippen LogP contribution >= 0.6 is 11.3 Å². The van der Waals surface area contributed by atoms with E-state index in [4.69, 9.17) is 4.74 Å². The highest BCUT2D eigenvalue weighted by atomic mass is 32.1. The third kappa shape index (κ3) is 4.15. The predicted molar refractivity (Wildman–Crippen MR) is 116 cm³/mol. The lowest BCUT2D eigenvalue weighted by molar-refractivity contribution is -0.149. The second kappa shape index (κ2) is 7.80. The number of esters is 1. The Kier molecular flexibility index (Phi) is 5.13. The summed E-state index contributed by atoms with van der Waals surface area (Å²) in [6.07, 6.45) is 7.39. The lowest BCUT2D eigenvalue weighted by Gasteiger charge is -2.56. The van der Waals surface area contributed by atoms with E-state index in [1.807, 2.05) is 36.6 Å². The fraction of sp³-hybridized carbons (Fsp3) is 0.542. The number of ether oxygens (including phenoxy) is 1. The summed E-state index contributed by atoms with van der Waals surface area (Å²) in [7, 11) is 0. The molecular formula is C24H28N2O3S. The Bertz CT molecular complexity index is 914. The van der Waals surface area contributed by atoms with Crippen molar-refractivity contribution in [2.75, 3.05) is 6.61 Å². The third-order valence-corrected chi connectivity index (χ3v) is 7.92. The van der Waals surface area contributed by atoms with Crippen LogP contribution in [0.1, 0.15) is 49.8 Å². The third-order valence-electron chi connectivity index (χ3n) is 6.98. The summed E-state index contributed by atoms with van der Waals surface area (Å²) in [5, 5.41) is 6.01. The molecule has 4 fully saturated rings. The van der Waals surface area contributed by atoms with Crippen molar-refractivity contribution in [2.45, 2.75) is 57.4 Å². The fourth-order valence-corrected chi connectivity index (χ4v) is 6.98. The first-order chi connectivity index (χ1) is 14.5. The zero-order chi connectivity index (χ0) is 20.7. The van der Waals surface area contributed by atoms with Crippen LogP contribution in [0.25, 0.3) is 10.6 Å². The van der Waals surface area contributed by atoms with Crippen molar-refractivity contribution < 1.29 is 14.3 Å². The summed E-state index contributed by atoms with van der Waals surface area (Å²) in [5.74, 6) is 1.74. The molecule has 0 spiro atoms. The molecule has 0 saturated heterocycles. The van der Waals surface area contributed by atoms with Gasteiger partial charge in [0.25, 0.3) is 5.91 Å². The van der Waals surface area contributed by atoms with Crippen molar-refractivity contribution in [3.8, 4) is 10.6 Å². The Morgan fingerprint density at radius 1 is 1.10 bits per heavy atom. The molecule has 0 aliphatic heterocycles. The van der Waals surface area contributed by atoms with E-state index in [-0.39, 0.29) is 24.5 Å². The van der Waals surface area contributed by atoms with E-state index in [1.165, 1.54) is 36.2 Å². The van der Waals surface area contributed by atoms with Gasteiger partial charge in [0.15, 0.2) is 6.61 Å². The number of carbonyl (C=O) groups excluding carboxylic acids is 2. The molecule has 1 amide bonds. The van der Waals surface area contributed by atoms with Crippen LogP contribution in [0.15, 0.2) is 29.6 Å². The molecule has 0 unspecified atom stereocenters. The minimum absolute atomic E-state index is 0.0455. The van der Waals surface area contributed by atoms with E-state index >= 15 is 0 Å². The molecule has 5 nitrogen and oxygen atoms in total. The fourth-order valence-electron chi connectivity index (χ4n) is 6.16. The summed E-state index contributed by atoms with van der Waals surface area (Å²) in [6.45, 7) is 1.85. The number of carbonyl (C=O) groups is 2. The molecule has 1 aromatic carbocycles. The molecular weight excluding hydrogens is 396 g/mol. The predicted octanol–water partition coefficient (Wildman–Crippen LogP) is 4.29. The van der Waals surface area contributed by atoms with Gasteiger partial charge in [-0.25, -0.2) is 4.98 Å². The van der Waals surface area contributed by atoms with Crippen molar-refractivity contribution in [1.82, 2.24) is 10.3 Å². The smallest absolute Gasteiger partial charge is 0.312 e. The van der Waals surface area contributed by atoms with Crippen molar-refractivity contribution in [1.29, 1.82) is 0 Å². The van der Waals surface area contributed by atoms with Gasteiger partial charge >= 0.3 is 5.97 Å². The Morgan fingerprint density at radius 3 is 2.37 bits per heavy atom. The molecule has 30 heavy (non-hydrogen) atoms. The highest BCUT2D eigenvalue weighted by Gasteiger charge is 2.51. The van der Waals surface area contributed by atoms with Crippen LogP contribution in [0.2, 0.25) is 0 Å². The molecule has 4 saturated carbocycles. The SMILES string of the molecule is Cc1ccc(-c2nc(CC(=O)OCC(=O)NC34CC5CC(CC(C5)C3)C4)cs2)cc1. The van der Waals surface area contributed by atoms with Gasteiger partial charge in [-0.05, 0) is 63.2 Å². The highest BCUT2D eigenvalue weighted by molar-refractivity contribution is 7.13. The van der Waals surface area contributed by atoms with Crippen LogP contribution < -0.4 is 5.32 Å². The van der Waals surface area contributed by atoms with E-state index in [2.05, 4.69) is 10.3 Å². The highest BCUT2D eigenvalue weighted by Crippen LogP contribution is 2.55. The lowest BCUT2D eigenvalue weighted by atomic mass is 9.53. The maximum atomic E-state index is 12.5. The van der Waals surface area contributed by atoms with Crippen LogP contribution in [0.3, 0.4) is 0 Å². The molecule has 1 aromatic heterocycles. The average Bonchev–Trinajstić information content (AvgIpc) is 3.14. The Labute approximate surface area is 181 Å². The van der Waals surface area contributed by atoms with Gasteiger partial charge in [0, 0.05) is 16.5 Å². The van der Waals surface area contributed by atoms with Crippen molar-refractivity contribution in [3.63, 3.8) is 0 Å². The molecule has 0 radical (unpaired) electrons. The first-order valence-corrected chi connectivity index (χ1v) is 11.8. The molecule has 0 atom stereocenters. The number of amides is 1. The maximum absolute atomic E-state index is 12.5. The van der Waals surface area contributed by atoms with E-state index in [0.29, 0.717) is 5.69 Å². The standard InChI is InChI=1S/C24H28N2O3S/c1-15-2-4-19(5-3-15)23-25-20(14-30-23)9-22(28)29-13-21(27)26-24-10-16-6-17(11-24)8-18(7-16)12-24/h2-5,14,16-18H,6-13H2,1H3,(H,26,27). The molecule has 2 aromatic rings. The molecule has 4 bridgehead atoms. The minimum Gasteiger partial charge on any atom is -0.455 e. The van der Waals surface area contributed by atoms with Crippen LogP contribution in [0, 0.1) is 24.7 Å². The summed E-state index contributed by atoms with van der Waals surface area (Å²) in [5.41, 5.74) is 2.88. The zero-order valence-corrected chi connectivity index (χ0v) is 18.2. The minimum atomic E-state index is -0.406. The number of hydrogen-bond donors (Lipinski definition) is 1. The molecule has 158 valence electrons. The Balaban J connectivity index is 1.12. The largest absolute Gasteiger partial charge is 0.455 e. The van der Waals surface area contributed by atoms with E-state index in [0.717, 1.165) is 47.6 Å². The molecule has 6 rings (SSSR count). The monoisotopic (exact) mass is 424 g/mol. The topological polar surface area (TPSA) is 68.3 Å². The molecule has 1 N–H and O–H groups in total. The first kappa shape index (κ1) is 19.7. The number of benzene rings is 1. The Morgan fingerprint density at radius 2 is 1.73 bits per heavy atom. The van der Waals surface area contributed by atoms with Crippen molar-refractivity contribution in [3.05, 3.63) is 40.9 Å². The Hall–Kier alpha value is -2.21. The van der Waals surface area contributed by atoms with Gasteiger partial charge in [0.2, 0.25) is 0 Å². The van der Waals surface area contributed by atoms with Crippen molar-refractivity contribution >= 4 is 23.2 Å². The number of aryl methyl sites for hydroxylation is 1.